The molecule has 29 heavy (non-hydrogen) atoms. The number of hydrogen-bond donors (Lipinski definition) is 1. The van der Waals surface area contributed by atoms with Gasteiger partial charge in [0.2, 0.25) is 0 Å². The van der Waals surface area contributed by atoms with Gasteiger partial charge in [0.25, 0.3) is 5.91 Å². The molecule has 146 valence electrons. The molecule has 1 atom stereocenters. The van der Waals surface area contributed by atoms with Crippen LogP contribution < -0.4 is 5.73 Å². The van der Waals surface area contributed by atoms with E-state index >= 15 is 0 Å². The van der Waals surface area contributed by atoms with Crippen molar-refractivity contribution in [3.63, 3.8) is 0 Å². The van der Waals surface area contributed by atoms with Crippen molar-refractivity contribution in [1.82, 2.24) is 24.8 Å². The lowest BCUT2D eigenvalue weighted by Crippen LogP contribution is -2.36. The summed E-state index contributed by atoms with van der Waals surface area (Å²) in [7, 11) is 0. The largest absolute Gasteiger partial charge is 0.367 e. The Hall–Kier alpha value is -3.26. The van der Waals surface area contributed by atoms with Crippen LogP contribution in [0.3, 0.4) is 0 Å². The van der Waals surface area contributed by atoms with Crippen LogP contribution in [0.2, 0.25) is 0 Å². The Morgan fingerprint density at radius 2 is 1.93 bits per heavy atom. The number of thioether (sulfide) groups is 1. The van der Waals surface area contributed by atoms with E-state index in [0.29, 0.717) is 12.4 Å². The van der Waals surface area contributed by atoms with E-state index in [2.05, 4.69) is 26.0 Å². The topological polar surface area (TPSA) is 97.9 Å². The zero-order chi connectivity index (χ0) is 20.4. The van der Waals surface area contributed by atoms with Crippen LogP contribution in [0.1, 0.15) is 22.6 Å². The molecule has 4 rings (SSSR count). The minimum atomic E-state index is -0.503. The summed E-state index contributed by atoms with van der Waals surface area (Å²) in [5.41, 5.74) is 10.6. The number of aromatic nitrogens is 4. The van der Waals surface area contributed by atoms with Crippen LogP contribution in [0.25, 0.3) is 16.2 Å². The molecule has 1 aliphatic rings. The molecule has 0 aliphatic carbocycles. The molecule has 0 radical (unpaired) electrons. The van der Waals surface area contributed by atoms with Gasteiger partial charge < -0.3 is 10.6 Å². The van der Waals surface area contributed by atoms with Crippen LogP contribution in [-0.2, 0) is 11.3 Å². The first-order valence-corrected chi connectivity index (χ1v) is 9.99. The molecule has 0 spiro atoms. The average Bonchev–Trinajstić information content (AvgIpc) is 3.13. The molecule has 1 unspecified atom stereocenters. The van der Waals surface area contributed by atoms with Crippen molar-refractivity contribution in [2.45, 2.75) is 25.8 Å². The normalized spacial score (nSPS) is 16.0. The van der Waals surface area contributed by atoms with Crippen molar-refractivity contribution in [1.29, 1.82) is 0 Å². The van der Waals surface area contributed by atoms with Crippen molar-refractivity contribution < 1.29 is 4.79 Å². The Bertz CT molecular complexity index is 1090. The highest BCUT2D eigenvalue weighted by Gasteiger charge is 2.31. The van der Waals surface area contributed by atoms with Gasteiger partial charge in [-0.2, -0.15) is 0 Å². The molecule has 1 amide bonds. The maximum absolute atomic E-state index is 12.0. The van der Waals surface area contributed by atoms with Gasteiger partial charge in [-0.3, -0.25) is 14.8 Å². The minimum absolute atomic E-state index is 0.397. The van der Waals surface area contributed by atoms with E-state index in [9.17, 15) is 4.79 Å². The fourth-order valence-electron chi connectivity index (χ4n) is 3.25. The van der Waals surface area contributed by atoms with Crippen LogP contribution in [0.15, 0.2) is 55.3 Å². The summed E-state index contributed by atoms with van der Waals surface area (Å²) in [5.74, 6) is 0.190. The Kier molecular flexibility index (Phi) is 5.26. The number of aryl methyl sites for hydroxylation is 2. The molecular weight excluding hydrogens is 384 g/mol. The number of nitrogens with two attached hydrogens (primary N) is 1. The summed E-state index contributed by atoms with van der Waals surface area (Å²) < 4.78 is 0. The molecule has 0 saturated heterocycles. The van der Waals surface area contributed by atoms with Gasteiger partial charge in [-0.1, -0.05) is 17.8 Å². The predicted molar refractivity (Wildman–Crippen MR) is 113 cm³/mol. The van der Waals surface area contributed by atoms with Gasteiger partial charge in [0.1, 0.15) is 0 Å². The number of amides is 1. The van der Waals surface area contributed by atoms with E-state index in [0.717, 1.165) is 33.0 Å². The van der Waals surface area contributed by atoms with Gasteiger partial charge in [0, 0.05) is 48.8 Å². The maximum atomic E-state index is 12.0. The average molecular weight is 404 g/mol. The Balaban J connectivity index is 1.59. The van der Waals surface area contributed by atoms with Crippen LogP contribution in [0.4, 0.5) is 0 Å². The fourth-order valence-corrected chi connectivity index (χ4v) is 4.28. The molecule has 2 N–H and O–H groups in total. The van der Waals surface area contributed by atoms with Crippen LogP contribution in [0, 0.1) is 13.8 Å². The van der Waals surface area contributed by atoms with E-state index in [-0.39, 0.29) is 0 Å². The first-order valence-electron chi connectivity index (χ1n) is 9.11. The monoisotopic (exact) mass is 404 g/mol. The molecule has 0 bridgehead atoms. The molecule has 3 aromatic rings. The number of rotatable bonds is 5. The van der Waals surface area contributed by atoms with Gasteiger partial charge in [0.15, 0.2) is 11.2 Å². The molecule has 0 aromatic carbocycles. The van der Waals surface area contributed by atoms with Crippen molar-refractivity contribution >= 4 is 22.6 Å². The van der Waals surface area contributed by atoms with Gasteiger partial charge in [0.05, 0.1) is 10.6 Å². The third-order valence-corrected chi connectivity index (χ3v) is 5.79. The molecule has 4 heterocycles. The summed E-state index contributed by atoms with van der Waals surface area (Å²) in [6.07, 6.45) is 8.88. The summed E-state index contributed by atoms with van der Waals surface area (Å²) in [4.78, 5) is 32.1. The highest BCUT2D eigenvalue weighted by atomic mass is 32.2. The molecule has 7 nitrogen and oxygen atoms in total. The fraction of sp³-hybridized carbons (Fsp3) is 0.190. The number of carbonyl (C=O) groups excluding carboxylic acids is 1. The third kappa shape index (κ3) is 4.12. The molecule has 0 saturated carbocycles. The Morgan fingerprint density at radius 1 is 1.14 bits per heavy atom. The standard InChI is InChI=1S/C21H20N6OS/c1-13-8-15(10-26-18(13)16-4-7-23-14(2)9-16)11-27-12-17(29-21(27)19(22)28)20-24-5-3-6-25-20/h3-10,12,21H,11H2,1-2H3,(H2,22,28). The van der Waals surface area contributed by atoms with E-state index in [1.807, 2.05) is 43.3 Å². The molecule has 1 aliphatic heterocycles. The maximum Gasteiger partial charge on any atom is 0.251 e. The summed E-state index contributed by atoms with van der Waals surface area (Å²) in [5, 5.41) is -0.503. The summed E-state index contributed by atoms with van der Waals surface area (Å²) in [6.45, 7) is 4.51. The molecular formula is C21H20N6OS. The second kappa shape index (κ2) is 8.00. The minimum Gasteiger partial charge on any atom is -0.367 e. The van der Waals surface area contributed by atoms with Gasteiger partial charge >= 0.3 is 0 Å². The van der Waals surface area contributed by atoms with E-state index < -0.39 is 11.3 Å². The number of primary amides is 1. The lowest BCUT2D eigenvalue weighted by molar-refractivity contribution is -0.119. The SMILES string of the molecule is Cc1cc(-c2ncc(CN3C=C(c4ncccn4)SC3C(N)=O)cc2C)ccn1. The Morgan fingerprint density at radius 3 is 2.62 bits per heavy atom. The van der Waals surface area contributed by atoms with Crippen molar-refractivity contribution in [2.75, 3.05) is 0 Å². The quantitative estimate of drug-likeness (QED) is 0.698. The highest BCUT2D eigenvalue weighted by molar-refractivity contribution is 8.09. The molecule has 3 aromatic heterocycles. The second-order valence-electron chi connectivity index (χ2n) is 6.81. The smallest absolute Gasteiger partial charge is 0.251 e. The number of nitrogens with zero attached hydrogens (tertiary/aromatic N) is 5. The van der Waals surface area contributed by atoms with Crippen LogP contribution in [0.5, 0.6) is 0 Å². The number of pyridine rings is 2. The lowest BCUT2D eigenvalue weighted by Gasteiger charge is -2.22. The van der Waals surface area contributed by atoms with Crippen molar-refractivity contribution in [2.24, 2.45) is 5.73 Å². The number of hydrogen-bond acceptors (Lipinski definition) is 7. The van der Waals surface area contributed by atoms with Crippen molar-refractivity contribution in [3.05, 3.63) is 77.9 Å². The molecule has 8 heteroatoms. The zero-order valence-corrected chi connectivity index (χ0v) is 16.9. The lowest BCUT2D eigenvalue weighted by atomic mass is 10.1. The summed E-state index contributed by atoms with van der Waals surface area (Å²) in [6, 6.07) is 7.82. The third-order valence-electron chi connectivity index (χ3n) is 4.52. The zero-order valence-electron chi connectivity index (χ0n) is 16.1. The van der Waals surface area contributed by atoms with Crippen LogP contribution in [-0.4, -0.2) is 36.1 Å². The van der Waals surface area contributed by atoms with Gasteiger partial charge in [-0.25, -0.2) is 9.97 Å². The predicted octanol–water partition coefficient (Wildman–Crippen LogP) is 2.91. The first-order chi connectivity index (χ1) is 14.0. The van der Waals surface area contributed by atoms with Gasteiger partial charge in [-0.15, -0.1) is 0 Å². The van der Waals surface area contributed by atoms with E-state index in [1.165, 1.54) is 11.8 Å². The molecule has 0 fully saturated rings. The van der Waals surface area contributed by atoms with E-state index in [1.54, 1.807) is 24.7 Å². The second-order valence-corrected chi connectivity index (χ2v) is 7.93. The van der Waals surface area contributed by atoms with Crippen molar-refractivity contribution in [3.8, 4) is 11.3 Å². The van der Waals surface area contributed by atoms with Gasteiger partial charge in [-0.05, 0) is 43.2 Å². The highest BCUT2D eigenvalue weighted by Crippen LogP contribution is 2.38. The summed E-state index contributed by atoms with van der Waals surface area (Å²) >= 11 is 1.37. The van der Waals surface area contributed by atoms with Crippen LogP contribution >= 0.6 is 11.8 Å². The Labute approximate surface area is 173 Å². The van der Waals surface area contributed by atoms with E-state index in [4.69, 9.17) is 5.73 Å². The number of carbonyl (C=O) groups is 1. The first kappa shape index (κ1) is 19.1.